The predicted octanol–water partition coefficient (Wildman–Crippen LogP) is 1.41. The van der Waals surface area contributed by atoms with Crippen LogP contribution in [0.5, 0.6) is 0 Å². The fraction of sp³-hybridized carbons (Fsp3) is 0.364. The molecule has 0 spiro atoms. The maximum atomic E-state index is 11.8. The molecule has 110 valence electrons. The van der Waals surface area contributed by atoms with Gasteiger partial charge in [-0.15, -0.1) is 0 Å². The molecule has 0 radical (unpaired) electrons. The Morgan fingerprint density at radius 1 is 1.45 bits per heavy atom. The third-order valence-electron chi connectivity index (χ3n) is 2.38. The second-order valence-electron chi connectivity index (χ2n) is 4.16. The number of nitro benzene ring substituents is 1. The molecule has 7 nitrogen and oxygen atoms in total. The number of amides is 1. The number of carbonyl (C=O) groups excluding carboxylic acids is 1. The van der Waals surface area contributed by atoms with E-state index < -0.39 is 20.7 Å². The SMILES string of the molecule is CS(=O)(=O)CCCNC(=O)c1cc(Cl)ccc1[N+](=O)[O-]. The Morgan fingerprint density at radius 3 is 2.65 bits per heavy atom. The Kier molecular flexibility index (Phi) is 5.46. The van der Waals surface area contributed by atoms with Gasteiger partial charge in [0.15, 0.2) is 0 Å². The standard InChI is InChI=1S/C11H13ClN2O5S/c1-20(18,19)6-2-5-13-11(15)9-7-8(12)3-4-10(9)14(16)17/h3-4,7H,2,5-6H2,1H3,(H,13,15). The van der Waals surface area contributed by atoms with Crippen molar-refractivity contribution >= 4 is 33.0 Å². The predicted molar refractivity (Wildman–Crippen MR) is 74.8 cm³/mol. The van der Waals surface area contributed by atoms with Crippen molar-refractivity contribution in [2.75, 3.05) is 18.6 Å². The van der Waals surface area contributed by atoms with Crippen molar-refractivity contribution < 1.29 is 18.1 Å². The van der Waals surface area contributed by atoms with Gasteiger partial charge in [-0.2, -0.15) is 0 Å². The molecule has 0 unspecified atom stereocenters. The number of nitrogens with one attached hydrogen (secondary N) is 1. The smallest absolute Gasteiger partial charge is 0.282 e. The summed E-state index contributed by atoms with van der Waals surface area (Å²) in [5, 5.41) is 13.4. The molecule has 0 fully saturated rings. The molecule has 0 heterocycles. The van der Waals surface area contributed by atoms with E-state index in [0.717, 1.165) is 12.3 Å². The van der Waals surface area contributed by atoms with Crippen LogP contribution >= 0.6 is 11.6 Å². The molecule has 0 aliphatic carbocycles. The zero-order valence-corrected chi connectivity index (χ0v) is 12.2. The number of nitro groups is 1. The van der Waals surface area contributed by atoms with Crippen LogP contribution < -0.4 is 5.32 Å². The highest BCUT2D eigenvalue weighted by Gasteiger charge is 2.20. The van der Waals surface area contributed by atoms with Gasteiger partial charge in [-0.25, -0.2) is 8.42 Å². The largest absolute Gasteiger partial charge is 0.352 e. The molecule has 1 rings (SSSR count). The minimum absolute atomic E-state index is 0.0646. The quantitative estimate of drug-likeness (QED) is 0.484. The summed E-state index contributed by atoms with van der Waals surface area (Å²) in [6.45, 7) is 0.107. The van der Waals surface area contributed by atoms with E-state index in [1.54, 1.807) is 0 Å². The lowest BCUT2D eigenvalue weighted by molar-refractivity contribution is -0.385. The van der Waals surface area contributed by atoms with Crippen LogP contribution in [0.15, 0.2) is 18.2 Å². The van der Waals surface area contributed by atoms with Gasteiger partial charge in [-0.3, -0.25) is 14.9 Å². The van der Waals surface area contributed by atoms with Gasteiger partial charge in [0.2, 0.25) is 0 Å². The Bertz CT molecular complexity index is 630. The summed E-state index contributed by atoms with van der Waals surface area (Å²) in [5.41, 5.74) is -0.503. The molecule has 1 aromatic carbocycles. The van der Waals surface area contributed by atoms with Crippen LogP contribution in [0.1, 0.15) is 16.8 Å². The summed E-state index contributed by atoms with van der Waals surface area (Å²) < 4.78 is 21.8. The minimum atomic E-state index is -3.10. The minimum Gasteiger partial charge on any atom is -0.352 e. The maximum absolute atomic E-state index is 11.8. The molecule has 1 N–H and O–H groups in total. The van der Waals surface area contributed by atoms with Crippen LogP contribution in [-0.4, -0.2) is 37.8 Å². The van der Waals surface area contributed by atoms with Crippen molar-refractivity contribution in [3.05, 3.63) is 38.9 Å². The first kappa shape index (κ1) is 16.4. The van der Waals surface area contributed by atoms with Gasteiger partial charge in [-0.05, 0) is 18.6 Å². The fourth-order valence-electron chi connectivity index (χ4n) is 1.48. The lowest BCUT2D eigenvalue weighted by Crippen LogP contribution is -2.26. The number of nitrogens with zero attached hydrogens (tertiary/aromatic N) is 1. The highest BCUT2D eigenvalue weighted by Crippen LogP contribution is 2.22. The average molecular weight is 321 g/mol. The first-order valence-electron chi connectivity index (χ1n) is 5.60. The Labute approximate surface area is 121 Å². The zero-order chi connectivity index (χ0) is 15.3. The molecule has 20 heavy (non-hydrogen) atoms. The van der Waals surface area contributed by atoms with E-state index in [0.29, 0.717) is 0 Å². The summed E-state index contributed by atoms with van der Waals surface area (Å²) in [5.74, 6) is -0.724. The topological polar surface area (TPSA) is 106 Å². The van der Waals surface area contributed by atoms with E-state index in [9.17, 15) is 23.3 Å². The van der Waals surface area contributed by atoms with E-state index in [1.807, 2.05) is 0 Å². The van der Waals surface area contributed by atoms with Gasteiger partial charge < -0.3 is 5.32 Å². The highest BCUT2D eigenvalue weighted by atomic mass is 35.5. The highest BCUT2D eigenvalue weighted by molar-refractivity contribution is 7.90. The monoisotopic (exact) mass is 320 g/mol. The van der Waals surface area contributed by atoms with Crippen molar-refractivity contribution in [1.29, 1.82) is 0 Å². The van der Waals surface area contributed by atoms with Crippen molar-refractivity contribution in [1.82, 2.24) is 5.32 Å². The summed E-state index contributed by atoms with van der Waals surface area (Å²) >= 11 is 5.70. The van der Waals surface area contributed by atoms with Crippen LogP contribution in [-0.2, 0) is 9.84 Å². The molecular weight excluding hydrogens is 308 g/mol. The first-order valence-corrected chi connectivity index (χ1v) is 8.04. The van der Waals surface area contributed by atoms with Gasteiger partial charge in [0, 0.05) is 23.9 Å². The van der Waals surface area contributed by atoms with E-state index in [2.05, 4.69) is 5.32 Å². The Morgan fingerprint density at radius 2 is 2.10 bits per heavy atom. The molecule has 0 atom stereocenters. The van der Waals surface area contributed by atoms with Gasteiger partial charge in [0.05, 0.1) is 10.7 Å². The lowest BCUT2D eigenvalue weighted by atomic mass is 10.1. The molecule has 0 aromatic heterocycles. The van der Waals surface area contributed by atoms with E-state index in [-0.39, 0.29) is 35.0 Å². The fourth-order valence-corrected chi connectivity index (χ4v) is 2.32. The number of sulfone groups is 1. The van der Waals surface area contributed by atoms with Crippen molar-refractivity contribution in [2.45, 2.75) is 6.42 Å². The summed E-state index contributed by atoms with van der Waals surface area (Å²) in [7, 11) is -3.10. The number of carbonyl (C=O) groups is 1. The normalized spacial score (nSPS) is 11.1. The van der Waals surface area contributed by atoms with Crippen molar-refractivity contribution in [2.24, 2.45) is 0 Å². The van der Waals surface area contributed by atoms with E-state index in [1.165, 1.54) is 12.1 Å². The van der Waals surface area contributed by atoms with Gasteiger partial charge >= 0.3 is 0 Å². The van der Waals surface area contributed by atoms with Crippen LogP contribution in [0, 0.1) is 10.1 Å². The molecule has 0 aliphatic rings. The van der Waals surface area contributed by atoms with E-state index >= 15 is 0 Å². The van der Waals surface area contributed by atoms with Crippen LogP contribution in [0.25, 0.3) is 0 Å². The first-order chi connectivity index (χ1) is 9.20. The molecule has 1 amide bonds. The van der Waals surface area contributed by atoms with Gasteiger partial charge in [-0.1, -0.05) is 11.6 Å². The number of halogens is 1. The number of hydrogen-bond acceptors (Lipinski definition) is 5. The van der Waals surface area contributed by atoms with Crippen molar-refractivity contribution in [3.8, 4) is 0 Å². The van der Waals surface area contributed by atoms with Gasteiger partial charge in [0.1, 0.15) is 15.4 Å². The molecule has 9 heteroatoms. The second-order valence-corrected chi connectivity index (χ2v) is 6.85. The molecular formula is C11H13ClN2O5S. The summed E-state index contributed by atoms with van der Waals surface area (Å²) in [6, 6.07) is 3.67. The third kappa shape index (κ3) is 5.14. The summed E-state index contributed by atoms with van der Waals surface area (Å²) in [6.07, 6.45) is 1.33. The number of benzene rings is 1. The van der Waals surface area contributed by atoms with Gasteiger partial charge in [0.25, 0.3) is 11.6 Å². The second kappa shape index (κ2) is 6.67. The number of rotatable bonds is 6. The average Bonchev–Trinajstić information content (AvgIpc) is 2.32. The third-order valence-corrected chi connectivity index (χ3v) is 3.64. The van der Waals surface area contributed by atoms with Crippen LogP contribution in [0.4, 0.5) is 5.69 Å². The zero-order valence-electron chi connectivity index (χ0n) is 10.6. The van der Waals surface area contributed by atoms with E-state index in [4.69, 9.17) is 11.6 Å². The number of hydrogen-bond donors (Lipinski definition) is 1. The lowest BCUT2D eigenvalue weighted by Gasteiger charge is -2.06. The molecule has 1 aromatic rings. The van der Waals surface area contributed by atoms with Crippen LogP contribution in [0.2, 0.25) is 5.02 Å². The molecule has 0 saturated heterocycles. The molecule has 0 aliphatic heterocycles. The molecule has 0 bridgehead atoms. The Balaban J connectivity index is 2.72. The Hall–Kier alpha value is -1.67. The van der Waals surface area contributed by atoms with Crippen molar-refractivity contribution in [3.63, 3.8) is 0 Å². The summed E-state index contributed by atoms with van der Waals surface area (Å²) in [4.78, 5) is 21.9. The molecule has 0 saturated carbocycles. The maximum Gasteiger partial charge on any atom is 0.282 e. The van der Waals surface area contributed by atoms with Crippen LogP contribution in [0.3, 0.4) is 0 Å².